The van der Waals surface area contributed by atoms with Gasteiger partial charge in [0.05, 0.1) is 5.69 Å². The molecule has 0 atom stereocenters. The number of anilines is 1. The number of hydrogen-bond donors (Lipinski definition) is 1. The molecule has 1 aromatic carbocycles. The third kappa shape index (κ3) is 2.94. The fourth-order valence-electron chi connectivity index (χ4n) is 2.40. The molecule has 0 aliphatic carbocycles. The normalized spacial score (nSPS) is 10.7. The smallest absolute Gasteiger partial charge is 0.267 e. The molecule has 3 rings (SSSR count). The first kappa shape index (κ1) is 14.5. The average molecular weight is 311 g/mol. The Morgan fingerprint density at radius 2 is 1.73 bits per heavy atom. The molecule has 0 radical (unpaired) electrons. The molecule has 1 N–H and O–H groups in total. The highest BCUT2D eigenvalue weighted by molar-refractivity contribution is 7.16. The van der Waals surface area contributed by atoms with Crippen LogP contribution in [0, 0.1) is 20.8 Å². The Kier molecular flexibility index (Phi) is 3.81. The van der Waals surface area contributed by atoms with E-state index in [2.05, 4.69) is 16.4 Å². The molecule has 0 aliphatic heterocycles. The Balaban J connectivity index is 1.86. The number of rotatable bonds is 3. The van der Waals surface area contributed by atoms with Crippen molar-refractivity contribution < 1.29 is 4.79 Å². The van der Waals surface area contributed by atoms with E-state index in [0.29, 0.717) is 4.88 Å². The number of nitrogens with one attached hydrogen (secondary N) is 1. The van der Waals surface area contributed by atoms with E-state index in [0.717, 1.165) is 27.6 Å². The summed E-state index contributed by atoms with van der Waals surface area (Å²) in [7, 11) is 0. The van der Waals surface area contributed by atoms with Crippen molar-refractivity contribution in [3.63, 3.8) is 0 Å². The second kappa shape index (κ2) is 5.77. The van der Waals surface area contributed by atoms with Crippen molar-refractivity contribution in [1.82, 2.24) is 9.55 Å². The number of amides is 1. The van der Waals surface area contributed by atoms with E-state index in [1.165, 1.54) is 11.3 Å². The highest BCUT2D eigenvalue weighted by Gasteiger charge is 2.16. The molecule has 0 aliphatic rings. The van der Waals surface area contributed by atoms with Gasteiger partial charge in [0.1, 0.15) is 4.88 Å². The summed E-state index contributed by atoms with van der Waals surface area (Å²) in [4.78, 5) is 17.6. The van der Waals surface area contributed by atoms with Gasteiger partial charge < -0.3 is 9.88 Å². The minimum Gasteiger partial charge on any atom is -0.321 e. The number of carbonyl (C=O) groups excluding carboxylic acids is 1. The zero-order valence-corrected chi connectivity index (χ0v) is 13.6. The van der Waals surface area contributed by atoms with E-state index in [-0.39, 0.29) is 5.91 Å². The minimum absolute atomic E-state index is 0.113. The third-order valence-corrected chi connectivity index (χ3v) is 4.47. The van der Waals surface area contributed by atoms with E-state index >= 15 is 0 Å². The highest BCUT2D eigenvalue weighted by Crippen LogP contribution is 2.23. The predicted molar refractivity (Wildman–Crippen MR) is 90.0 cm³/mol. The second-order valence-electron chi connectivity index (χ2n) is 5.33. The molecular formula is C17H17N3OS. The van der Waals surface area contributed by atoms with Crippen LogP contribution in [0.1, 0.15) is 26.5 Å². The number of thiazole rings is 1. The fourth-order valence-corrected chi connectivity index (χ4v) is 3.33. The van der Waals surface area contributed by atoms with Gasteiger partial charge in [0.15, 0.2) is 5.13 Å². The van der Waals surface area contributed by atoms with Crippen LogP contribution in [0.3, 0.4) is 0 Å². The molecule has 112 valence electrons. The van der Waals surface area contributed by atoms with E-state index in [1.54, 1.807) is 0 Å². The van der Waals surface area contributed by atoms with Crippen LogP contribution in [0.25, 0.3) is 5.13 Å². The monoisotopic (exact) mass is 311 g/mol. The molecule has 2 aromatic heterocycles. The fraction of sp³-hybridized carbons (Fsp3) is 0.176. The lowest BCUT2D eigenvalue weighted by atomic mass is 10.1. The maximum atomic E-state index is 12.5. The molecule has 0 saturated carbocycles. The summed E-state index contributed by atoms with van der Waals surface area (Å²) in [5.74, 6) is -0.113. The highest BCUT2D eigenvalue weighted by atomic mass is 32.1. The molecule has 0 unspecified atom stereocenters. The van der Waals surface area contributed by atoms with Crippen molar-refractivity contribution >= 4 is 22.9 Å². The van der Waals surface area contributed by atoms with Crippen LogP contribution in [-0.4, -0.2) is 15.5 Å². The Morgan fingerprint density at radius 1 is 1.09 bits per heavy atom. The van der Waals surface area contributed by atoms with E-state index in [1.807, 2.05) is 62.0 Å². The summed E-state index contributed by atoms with van der Waals surface area (Å²) in [5, 5.41) is 3.76. The largest absolute Gasteiger partial charge is 0.321 e. The Morgan fingerprint density at radius 3 is 2.36 bits per heavy atom. The first-order chi connectivity index (χ1) is 10.5. The zero-order valence-electron chi connectivity index (χ0n) is 12.8. The number of aryl methyl sites for hydroxylation is 3. The van der Waals surface area contributed by atoms with Gasteiger partial charge in [0.2, 0.25) is 0 Å². The number of aromatic nitrogens is 2. The van der Waals surface area contributed by atoms with Gasteiger partial charge in [-0.1, -0.05) is 17.4 Å². The van der Waals surface area contributed by atoms with Crippen LogP contribution in [0.15, 0.2) is 42.7 Å². The van der Waals surface area contributed by atoms with E-state index < -0.39 is 0 Å². The second-order valence-corrected chi connectivity index (χ2v) is 6.31. The Hall–Kier alpha value is -2.40. The first-order valence-corrected chi connectivity index (χ1v) is 7.85. The number of nitrogens with zero attached hydrogens (tertiary/aromatic N) is 2. The topological polar surface area (TPSA) is 46.9 Å². The lowest BCUT2D eigenvalue weighted by Gasteiger charge is -2.06. The van der Waals surface area contributed by atoms with E-state index in [4.69, 9.17) is 0 Å². The van der Waals surface area contributed by atoms with Gasteiger partial charge >= 0.3 is 0 Å². The molecule has 0 bridgehead atoms. The van der Waals surface area contributed by atoms with Crippen LogP contribution >= 0.6 is 11.3 Å². The molecule has 22 heavy (non-hydrogen) atoms. The van der Waals surface area contributed by atoms with Gasteiger partial charge in [-0.2, -0.15) is 0 Å². The quantitative estimate of drug-likeness (QED) is 0.791. The van der Waals surface area contributed by atoms with Crippen molar-refractivity contribution in [1.29, 1.82) is 0 Å². The molecule has 2 heterocycles. The SMILES string of the molecule is Cc1cc(C)cc(NC(=O)c2sc(-n3cccc3)nc2C)c1. The van der Waals surface area contributed by atoms with Crippen LogP contribution in [0.2, 0.25) is 0 Å². The molecule has 0 fully saturated rings. The maximum Gasteiger partial charge on any atom is 0.267 e. The molecule has 0 saturated heterocycles. The number of benzene rings is 1. The van der Waals surface area contributed by atoms with Gasteiger partial charge in [-0.25, -0.2) is 4.98 Å². The van der Waals surface area contributed by atoms with Crippen molar-refractivity contribution in [3.8, 4) is 5.13 Å². The van der Waals surface area contributed by atoms with Crippen LogP contribution in [-0.2, 0) is 0 Å². The van der Waals surface area contributed by atoms with Gasteiger partial charge in [-0.15, -0.1) is 0 Å². The van der Waals surface area contributed by atoms with Gasteiger partial charge in [0.25, 0.3) is 5.91 Å². The summed E-state index contributed by atoms with van der Waals surface area (Å²) in [5.41, 5.74) is 3.82. The molecular weight excluding hydrogens is 294 g/mol. The molecule has 3 aromatic rings. The molecule has 5 heteroatoms. The summed E-state index contributed by atoms with van der Waals surface area (Å²) < 4.78 is 1.91. The lowest BCUT2D eigenvalue weighted by Crippen LogP contribution is -2.11. The van der Waals surface area contributed by atoms with Crippen molar-refractivity contribution in [2.75, 3.05) is 5.32 Å². The average Bonchev–Trinajstić information content (AvgIpc) is 3.05. The standard InChI is InChI=1S/C17H17N3OS/c1-11-8-12(2)10-14(9-11)19-16(21)15-13(3)18-17(22-15)20-6-4-5-7-20/h4-10H,1-3H3,(H,19,21). The minimum atomic E-state index is -0.113. The van der Waals surface area contributed by atoms with Gasteiger partial charge in [-0.05, 0) is 56.2 Å². The van der Waals surface area contributed by atoms with Crippen LogP contribution < -0.4 is 5.32 Å². The van der Waals surface area contributed by atoms with Gasteiger partial charge in [0, 0.05) is 18.1 Å². The van der Waals surface area contributed by atoms with Crippen molar-refractivity contribution in [3.05, 3.63) is 64.4 Å². The summed E-state index contributed by atoms with van der Waals surface area (Å²) >= 11 is 1.39. The molecule has 4 nitrogen and oxygen atoms in total. The van der Waals surface area contributed by atoms with Crippen molar-refractivity contribution in [2.24, 2.45) is 0 Å². The van der Waals surface area contributed by atoms with E-state index in [9.17, 15) is 4.79 Å². The lowest BCUT2D eigenvalue weighted by molar-refractivity contribution is 0.103. The first-order valence-electron chi connectivity index (χ1n) is 7.03. The third-order valence-electron chi connectivity index (χ3n) is 3.30. The number of carbonyl (C=O) groups is 1. The predicted octanol–water partition coefficient (Wildman–Crippen LogP) is 4.11. The van der Waals surface area contributed by atoms with Crippen LogP contribution in [0.5, 0.6) is 0 Å². The van der Waals surface area contributed by atoms with Crippen LogP contribution in [0.4, 0.5) is 5.69 Å². The number of hydrogen-bond acceptors (Lipinski definition) is 3. The van der Waals surface area contributed by atoms with Gasteiger partial charge in [-0.3, -0.25) is 4.79 Å². The summed E-state index contributed by atoms with van der Waals surface area (Å²) in [6.07, 6.45) is 3.84. The Bertz CT molecular complexity index is 798. The summed E-state index contributed by atoms with van der Waals surface area (Å²) in [6, 6.07) is 9.89. The molecule has 1 amide bonds. The van der Waals surface area contributed by atoms with Crippen molar-refractivity contribution in [2.45, 2.75) is 20.8 Å². The maximum absolute atomic E-state index is 12.5. The summed E-state index contributed by atoms with van der Waals surface area (Å²) in [6.45, 7) is 5.90. The Labute approximate surface area is 133 Å². The molecule has 0 spiro atoms. The zero-order chi connectivity index (χ0) is 15.7.